The first kappa shape index (κ1) is 14.4. The number of hydrogen-bond acceptors (Lipinski definition) is 4. The fraction of sp³-hybridized carbons (Fsp3) is 0.188. The van der Waals surface area contributed by atoms with E-state index in [1.807, 2.05) is 22.8 Å². The second-order valence-corrected chi connectivity index (χ2v) is 5.34. The molecule has 0 fully saturated rings. The summed E-state index contributed by atoms with van der Waals surface area (Å²) in [7, 11) is 0. The SMILES string of the molecule is N#Cc1cc2c(n(OC(F)F)c1=O)-c1nc3ccccc3n1CC2. The van der Waals surface area contributed by atoms with Crippen molar-refractivity contribution < 1.29 is 13.6 Å². The van der Waals surface area contributed by atoms with Crippen LogP contribution in [0.5, 0.6) is 0 Å². The molecule has 1 aliphatic heterocycles. The second-order valence-electron chi connectivity index (χ2n) is 5.34. The summed E-state index contributed by atoms with van der Waals surface area (Å²) in [6.07, 6.45) is 0.476. The van der Waals surface area contributed by atoms with E-state index in [-0.39, 0.29) is 11.3 Å². The van der Waals surface area contributed by atoms with E-state index in [9.17, 15) is 13.6 Å². The summed E-state index contributed by atoms with van der Waals surface area (Å²) in [5.74, 6) is 0.375. The lowest BCUT2D eigenvalue weighted by atomic mass is 10.0. The number of fused-ring (bicyclic) bond motifs is 5. The number of aryl methyl sites for hydroxylation is 2. The molecular weight excluding hydrogens is 318 g/mol. The molecule has 0 radical (unpaired) electrons. The van der Waals surface area contributed by atoms with Crippen LogP contribution in [-0.2, 0) is 13.0 Å². The van der Waals surface area contributed by atoms with Gasteiger partial charge in [0.05, 0.1) is 11.0 Å². The highest BCUT2D eigenvalue weighted by molar-refractivity contribution is 5.81. The van der Waals surface area contributed by atoms with Crippen molar-refractivity contribution in [3.63, 3.8) is 0 Å². The molecule has 6 nitrogen and oxygen atoms in total. The predicted molar refractivity (Wildman–Crippen MR) is 80.4 cm³/mol. The number of alkyl halides is 2. The van der Waals surface area contributed by atoms with Crippen LogP contribution in [0.1, 0.15) is 11.1 Å². The number of pyridine rings is 1. The number of para-hydroxylation sites is 2. The third kappa shape index (κ3) is 1.98. The maximum atomic E-state index is 12.8. The predicted octanol–water partition coefficient (Wildman–Crippen LogP) is 1.94. The molecule has 0 N–H and O–H groups in total. The van der Waals surface area contributed by atoms with E-state index in [4.69, 9.17) is 5.26 Å². The molecule has 3 aromatic rings. The monoisotopic (exact) mass is 328 g/mol. The maximum Gasteiger partial charge on any atom is 0.405 e. The van der Waals surface area contributed by atoms with Gasteiger partial charge in [0.1, 0.15) is 17.3 Å². The molecule has 1 aliphatic rings. The topological polar surface area (TPSA) is 72.8 Å². The summed E-state index contributed by atoms with van der Waals surface area (Å²) < 4.78 is 27.9. The first-order valence-corrected chi connectivity index (χ1v) is 7.20. The van der Waals surface area contributed by atoms with Crippen molar-refractivity contribution in [3.8, 4) is 17.6 Å². The van der Waals surface area contributed by atoms with E-state index in [0.717, 1.165) is 5.52 Å². The van der Waals surface area contributed by atoms with Crippen molar-refractivity contribution in [1.29, 1.82) is 5.26 Å². The van der Waals surface area contributed by atoms with Gasteiger partial charge in [-0.1, -0.05) is 12.1 Å². The Labute approximate surface area is 134 Å². The van der Waals surface area contributed by atoms with E-state index >= 15 is 0 Å². The van der Waals surface area contributed by atoms with Gasteiger partial charge in [0.25, 0.3) is 0 Å². The first-order valence-electron chi connectivity index (χ1n) is 7.20. The third-order valence-corrected chi connectivity index (χ3v) is 4.02. The zero-order chi connectivity index (χ0) is 16.8. The van der Waals surface area contributed by atoms with Crippen LogP contribution in [0.15, 0.2) is 35.1 Å². The number of hydrogen-bond donors (Lipinski definition) is 0. The van der Waals surface area contributed by atoms with Crippen LogP contribution >= 0.6 is 0 Å². The fourth-order valence-corrected chi connectivity index (χ4v) is 3.05. The Bertz CT molecular complexity index is 1060. The molecule has 0 bridgehead atoms. The van der Waals surface area contributed by atoms with Gasteiger partial charge in [0.2, 0.25) is 0 Å². The molecule has 2 aromatic heterocycles. The molecule has 4 rings (SSSR count). The van der Waals surface area contributed by atoms with Gasteiger partial charge in [-0.15, -0.1) is 4.73 Å². The number of aromatic nitrogens is 3. The minimum Gasteiger partial charge on any atom is -0.340 e. The van der Waals surface area contributed by atoms with Gasteiger partial charge in [-0.3, -0.25) is 4.79 Å². The van der Waals surface area contributed by atoms with Gasteiger partial charge in [0, 0.05) is 6.54 Å². The summed E-state index contributed by atoms with van der Waals surface area (Å²) in [6, 6.07) is 10.5. The highest BCUT2D eigenvalue weighted by Gasteiger charge is 2.27. The van der Waals surface area contributed by atoms with E-state index < -0.39 is 12.2 Å². The molecule has 0 saturated carbocycles. The summed E-state index contributed by atoms with van der Waals surface area (Å²) in [5.41, 5.74) is 1.13. The molecule has 3 heterocycles. The van der Waals surface area contributed by atoms with Crippen LogP contribution in [0.2, 0.25) is 0 Å². The molecule has 0 spiro atoms. The second kappa shape index (κ2) is 5.16. The fourth-order valence-electron chi connectivity index (χ4n) is 3.05. The average Bonchev–Trinajstić information content (AvgIpc) is 2.95. The van der Waals surface area contributed by atoms with Crippen molar-refractivity contribution in [1.82, 2.24) is 14.3 Å². The Morgan fingerprint density at radius 2 is 2.12 bits per heavy atom. The van der Waals surface area contributed by atoms with Crippen LogP contribution in [0.3, 0.4) is 0 Å². The van der Waals surface area contributed by atoms with Crippen molar-refractivity contribution in [2.75, 3.05) is 0 Å². The normalized spacial score (nSPS) is 12.8. The minimum absolute atomic E-state index is 0.168. The van der Waals surface area contributed by atoms with Crippen molar-refractivity contribution in [3.05, 3.63) is 51.8 Å². The first-order chi connectivity index (χ1) is 11.6. The largest absolute Gasteiger partial charge is 0.405 e. The van der Waals surface area contributed by atoms with Crippen LogP contribution in [0, 0.1) is 11.3 Å². The summed E-state index contributed by atoms with van der Waals surface area (Å²) in [6.45, 7) is -2.62. The molecule has 1 aromatic carbocycles. The van der Waals surface area contributed by atoms with Crippen LogP contribution in [0.25, 0.3) is 22.6 Å². The molecule has 120 valence electrons. The molecular formula is C16H10F2N4O2. The third-order valence-electron chi connectivity index (χ3n) is 4.02. The van der Waals surface area contributed by atoms with Gasteiger partial charge in [-0.05, 0) is 30.2 Å². The molecule has 0 aliphatic carbocycles. The number of imidazole rings is 1. The van der Waals surface area contributed by atoms with Gasteiger partial charge < -0.3 is 9.40 Å². The molecule has 8 heteroatoms. The highest BCUT2D eigenvalue weighted by Crippen LogP contribution is 2.31. The molecule has 0 saturated heterocycles. The van der Waals surface area contributed by atoms with Crippen LogP contribution in [0.4, 0.5) is 8.78 Å². The van der Waals surface area contributed by atoms with E-state index in [1.165, 1.54) is 6.07 Å². The van der Waals surface area contributed by atoms with Crippen LogP contribution < -0.4 is 10.4 Å². The lowest BCUT2D eigenvalue weighted by Gasteiger charge is -2.22. The smallest absolute Gasteiger partial charge is 0.340 e. The number of nitriles is 1. The van der Waals surface area contributed by atoms with E-state index in [1.54, 1.807) is 12.1 Å². The lowest BCUT2D eigenvalue weighted by Crippen LogP contribution is -2.35. The number of benzene rings is 1. The number of nitrogens with zero attached hydrogens (tertiary/aromatic N) is 4. The molecule has 24 heavy (non-hydrogen) atoms. The van der Waals surface area contributed by atoms with E-state index in [0.29, 0.717) is 34.6 Å². The zero-order valence-electron chi connectivity index (χ0n) is 12.2. The van der Waals surface area contributed by atoms with Crippen molar-refractivity contribution in [2.45, 2.75) is 19.6 Å². The quantitative estimate of drug-likeness (QED) is 0.721. The maximum absolute atomic E-state index is 12.8. The van der Waals surface area contributed by atoms with Crippen molar-refractivity contribution in [2.24, 2.45) is 0 Å². The van der Waals surface area contributed by atoms with Gasteiger partial charge in [-0.25, -0.2) is 4.98 Å². The summed E-state index contributed by atoms with van der Waals surface area (Å²) in [5, 5.41) is 9.06. The Morgan fingerprint density at radius 1 is 1.33 bits per heavy atom. The molecule has 0 amide bonds. The Hall–Kier alpha value is -3.21. The molecule has 0 unspecified atom stereocenters. The summed E-state index contributed by atoms with van der Waals surface area (Å²) >= 11 is 0. The van der Waals surface area contributed by atoms with Gasteiger partial charge >= 0.3 is 12.2 Å². The number of halogens is 2. The standard InChI is InChI=1S/C16H10F2N4O2/c17-16(18)24-22-13-9(7-10(8-19)15(22)23)5-6-21-12-4-2-1-3-11(12)20-14(13)21/h1-4,7,16H,5-6H2. The van der Waals surface area contributed by atoms with Crippen molar-refractivity contribution >= 4 is 11.0 Å². The van der Waals surface area contributed by atoms with Crippen LogP contribution in [-0.4, -0.2) is 20.9 Å². The zero-order valence-corrected chi connectivity index (χ0v) is 12.2. The lowest BCUT2D eigenvalue weighted by molar-refractivity contribution is -0.134. The van der Waals surface area contributed by atoms with Gasteiger partial charge in [0.15, 0.2) is 5.82 Å². The number of rotatable bonds is 2. The highest BCUT2D eigenvalue weighted by atomic mass is 19.3. The molecule has 0 atom stereocenters. The Kier molecular flexibility index (Phi) is 3.09. The summed E-state index contributed by atoms with van der Waals surface area (Å²) in [4.78, 5) is 21.1. The van der Waals surface area contributed by atoms with E-state index in [2.05, 4.69) is 9.82 Å². The Balaban J connectivity index is 2.07. The average molecular weight is 328 g/mol. The Morgan fingerprint density at radius 3 is 2.88 bits per heavy atom. The minimum atomic E-state index is -3.19. The van der Waals surface area contributed by atoms with Gasteiger partial charge in [-0.2, -0.15) is 14.0 Å².